The van der Waals surface area contributed by atoms with Gasteiger partial charge in [0, 0.05) is 12.5 Å². The predicted octanol–water partition coefficient (Wildman–Crippen LogP) is 5.25. The van der Waals surface area contributed by atoms with Gasteiger partial charge < -0.3 is 24.6 Å². The molecule has 1 saturated heterocycles. The van der Waals surface area contributed by atoms with Gasteiger partial charge in [-0.2, -0.15) is 0 Å². The van der Waals surface area contributed by atoms with Crippen molar-refractivity contribution in [2.24, 2.45) is 5.92 Å². The van der Waals surface area contributed by atoms with Crippen LogP contribution in [0.5, 0.6) is 11.5 Å². The van der Waals surface area contributed by atoms with Gasteiger partial charge >= 0.3 is 11.9 Å². The second-order valence-corrected chi connectivity index (χ2v) is 8.97. The fourth-order valence-electron chi connectivity index (χ4n) is 4.53. The van der Waals surface area contributed by atoms with Crippen LogP contribution < -0.4 is 9.47 Å². The molecule has 0 amide bonds. The van der Waals surface area contributed by atoms with Crippen molar-refractivity contribution in [1.29, 1.82) is 0 Å². The van der Waals surface area contributed by atoms with Gasteiger partial charge in [-0.1, -0.05) is 62.2 Å². The number of rotatable bonds is 11. The lowest BCUT2D eigenvalue weighted by Crippen LogP contribution is -2.42. The lowest BCUT2D eigenvalue weighted by molar-refractivity contribution is -0.159. The first-order chi connectivity index (χ1) is 17.4. The summed E-state index contributed by atoms with van der Waals surface area (Å²) >= 11 is 0. The zero-order valence-electron chi connectivity index (χ0n) is 21.4. The molecule has 0 aromatic heterocycles. The Hall–Kier alpha value is -3.32. The number of likely N-dealkylation sites (tertiary alicyclic amines) is 1. The van der Waals surface area contributed by atoms with Gasteiger partial charge in [0.05, 0.1) is 13.7 Å². The molecule has 36 heavy (non-hydrogen) atoms. The minimum atomic E-state index is -1.82. The van der Waals surface area contributed by atoms with E-state index in [0.29, 0.717) is 18.4 Å². The Bertz CT molecular complexity index is 949. The third-order valence-electron chi connectivity index (χ3n) is 6.37. The standard InChI is InChI=1S/C27H37NO2.C2H2O4/c1-4-6-10-17-28-18-16-25(23-12-8-7-9-13-23)24(20-28)21-30-26-15-14-22(11-5-2)19-27(26)29-3;3-1(4)2(5)6/h5,7-9,12-15,19,24-25H,2,4,6,10-11,16-18,20-21H2,1,3H3;(H,3,4)(H,5,6)/t24-,25-;/m1./s1. The van der Waals surface area contributed by atoms with Crippen LogP contribution in [-0.2, 0) is 16.0 Å². The Morgan fingerprint density at radius 1 is 1.08 bits per heavy atom. The topological polar surface area (TPSA) is 96.3 Å². The smallest absolute Gasteiger partial charge is 0.414 e. The van der Waals surface area contributed by atoms with Gasteiger partial charge in [0.15, 0.2) is 11.5 Å². The highest BCUT2D eigenvalue weighted by molar-refractivity contribution is 6.27. The van der Waals surface area contributed by atoms with E-state index in [4.69, 9.17) is 29.3 Å². The highest BCUT2D eigenvalue weighted by Gasteiger charge is 2.31. The summed E-state index contributed by atoms with van der Waals surface area (Å²) in [4.78, 5) is 20.8. The number of hydrogen-bond acceptors (Lipinski definition) is 5. The summed E-state index contributed by atoms with van der Waals surface area (Å²) in [7, 11) is 1.71. The highest BCUT2D eigenvalue weighted by atomic mass is 16.5. The maximum Gasteiger partial charge on any atom is 0.414 e. The van der Waals surface area contributed by atoms with E-state index < -0.39 is 11.9 Å². The second-order valence-electron chi connectivity index (χ2n) is 8.97. The number of nitrogens with zero attached hydrogens (tertiary/aromatic N) is 1. The number of allylic oxidation sites excluding steroid dienone is 1. The van der Waals surface area contributed by atoms with Crippen molar-refractivity contribution in [3.8, 4) is 11.5 Å². The van der Waals surface area contributed by atoms with E-state index in [2.05, 4.69) is 60.9 Å². The summed E-state index contributed by atoms with van der Waals surface area (Å²) in [5.74, 6) is -0.994. The van der Waals surface area contributed by atoms with Crippen LogP contribution in [0, 0.1) is 5.92 Å². The molecule has 2 aromatic carbocycles. The van der Waals surface area contributed by atoms with E-state index >= 15 is 0 Å². The van der Waals surface area contributed by atoms with E-state index in [1.54, 1.807) is 7.11 Å². The van der Waals surface area contributed by atoms with E-state index in [9.17, 15) is 0 Å². The van der Waals surface area contributed by atoms with Gasteiger partial charge in [-0.3, -0.25) is 0 Å². The van der Waals surface area contributed by atoms with Gasteiger partial charge in [-0.15, -0.1) is 6.58 Å². The molecule has 1 heterocycles. The third kappa shape index (κ3) is 9.38. The molecule has 0 spiro atoms. The molecule has 0 radical (unpaired) electrons. The third-order valence-corrected chi connectivity index (χ3v) is 6.37. The molecular weight excluding hydrogens is 458 g/mol. The summed E-state index contributed by atoms with van der Waals surface area (Å²) in [5, 5.41) is 14.8. The molecule has 196 valence electrons. The highest BCUT2D eigenvalue weighted by Crippen LogP contribution is 2.35. The number of piperidine rings is 1. The predicted molar refractivity (Wildman–Crippen MR) is 141 cm³/mol. The van der Waals surface area contributed by atoms with Crippen molar-refractivity contribution in [1.82, 2.24) is 4.90 Å². The number of carboxylic acid groups (broad SMARTS) is 2. The van der Waals surface area contributed by atoms with Crippen LogP contribution in [0.3, 0.4) is 0 Å². The molecule has 0 saturated carbocycles. The molecule has 2 atom stereocenters. The van der Waals surface area contributed by atoms with Crippen LogP contribution in [0.2, 0.25) is 0 Å². The fourth-order valence-corrected chi connectivity index (χ4v) is 4.53. The monoisotopic (exact) mass is 497 g/mol. The SMILES string of the molecule is C=CCc1ccc(OC[C@H]2CN(CCCCC)CC[C@@H]2c2ccccc2)c(OC)c1.O=C(O)C(=O)O. The summed E-state index contributed by atoms with van der Waals surface area (Å²) in [5.41, 5.74) is 2.63. The van der Waals surface area contributed by atoms with Gasteiger partial charge in [0.25, 0.3) is 0 Å². The summed E-state index contributed by atoms with van der Waals surface area (Å²) in [6, 6.07) is 17.2. The lowest BCUT2D eigenvalue weighted by atomic mass is 9.81. The number of aliphatic carboxylic acids is 2. The van der Waals surface area contributed by atoms with Gasteiger partial charge in [0.1, 0.15) is 0 Å². The Labute approximate surface area is 214 Å². The minimum absolute atomic E-state index is 0.473. The number of ether oxygens (including phenoxy) is 2. The lowest BCUT2D eigenvalue weighted by Gasteiger charge is -2.39. The minimum Gasteiger partial charge on any atom is -0.493 e. The normalized spacial score (nSPS) is 17.4. The molecule has 1 fully saturated rings. The molecule has 0 bridgehead atoms. The molecule has 2 N–H and O–H groups in total. The number of unbranched alkanes of at least 4 members (excludes halogenated alkanes) is 2. The maximum atomic E-state index is 9.10. The Morgan fingerprint density at radius 3 is 2.42 bits per heavy atom. The maximum absolute atomic E-state index is 9.10. The van der Waals surface area contributed by atoms with Crippen LogP contribution in [0.15, 0.2) is 61.2 Å². The first kappa shape index (κ1) is 28.9. The van der Waals surface area contributed by atoms with E-state index in [1.807, 2.05) is 12.1 Å². The zero-order valence-corrected chi connectivity index (χ0v) is 21.4. The molecule has 1 aliphatic heterocycles. The molecule has 1 aliphatic rings. The molecule has 7 heteroatoms. The van der Waals surface area contributed by atoms with Gasteiger partial charge in [0.2, 0.25) is 0 Å². The molecular formula is C29H39NO6. The van der Waals surface area contributed by atoms with Crippen molar-refractivity contribution in [2.45, 2.75) is 44.9 Å². The van der Waals surface area contributed by atoms with Crippen LogP contribution in [0.4, 0.5) is 0 Å². The van der Waals surface area contributed by atoms with Crippen molar-refractivity contribution < 1.29 is 29.3 Å². The van der Waals surface area contributed by atoms with Crippen molar-refractivity contribution in [3.05, 3.63) is 72.3 Å². The van der Waals surface area contributed by atoms with Crippen molar-refractivity contribution in [2.75, 3.05) is 33.4 Å². The number of benzene rings is 2. The average molecular weight is 498 g/mol. The molecule has 3 rings (SSSR count). The molecule has 7 nitrogen and oxygen atoms in total. The first-order valence-corrected chi connectivity index (χ1v) is 12.5. The van der Waals surface area contributed by atoms with Crippen LogP contribution in [0.1, 0.15) is 49.7 Å². The quantitative estimate of drug-likeness (QED) is 0.248. The Morgan fingerprint density at radius 2 is 1.81 bits per heavy atom. The number of carbonyl (C=O) groups is 2. The average Bonchev–Trinajstić information content (AvgIpc) is 2.89. The van der Waals surface area contributed by atoms with E-state index in [1.165, 1.54) is 49.9 Å². The number of carboxylic acids is 2. The van der Waals surface area contributed by atoms with E-state index in [-0.39, 0.29) is 0 Å². The first-order valence-electron chi connectivity index (χ1n) is 12.5. The fraction of sp³-hybridized carbons (Fsp3) is 0.448. The number of methoxy groups -OCH3 is 1. The molecule has 2 aromatic rings. The number of hydrogen-bond donors (Lipinski definition) is 2. The second kappa shape index (κ2) is 15.6. The summed E-state index contributed by atoms with van der Waals surface area (Å²) in [6.07, 6.45) is 7.82. The molecule has 0 aliphatic carbocycles. The van der Waals surface area contributed by atoms with Crippen LogP contribution in [0.25, 0.3) is 0 Å². The zero-order chi connectivity index (χ0) is 26.3. The Kier molecular flexibility index (Phi) is 12.6. The summed E-state index contributed by atoms with van der Waals surface area (Å²) < 4.78 is 11.9. The van der Waals surface area contributed by atoms with E-state index in [0.717, 1.165) is 24.5 Å². The summed E-state index contributed by atoms with van der Waals surface area (Å²) in [6.45, 7) is 10.3. The van der Waals surface area contributed by atoms with Crippen LogP contribution in [-0.4, -0.2) is 60.4 Å². The van der Waals surface area contributed by atoms with Gasteiger partial charge in [-0.05, 0) is 61.5 Å². The van der Waals surface area contributed by atoms with Gasteiger partial charge in [-0.25, -0.2) is 9.59 Å². The van der Waals surface area contributed by atoms with Crippen LogP contribution >= 0.6 is 0 Å². The molecule has 0 unspecified atom stereocenters. The van der Waals surface area contributed by atoms with Crippen molar-refractivity contribution in [3.63, 3.8) is 0 Å². The Balaban J connectivity index is 0.000000678. The van der Waals surface area contributed by atoms with Crippen molar-refractivity contribution >= 4 is 11.9 Å². The largest absolute Gasteiger partial charge is 0.493 e.